The summed E-state index contributed by atoms with van der Waals surface area (Å²) in [5.41, 5.74) is 6.55. The maximum atomic E-state index is 6.24. The van der Waals surface area contributed by atoms with Crippen LogP contribution in [0.5, 0.6) is 0 Å². The van der Waals surface area contributed by atoms with Gasteiger partial charge in [0.1, 0.15) is 0 Å². The van der Waals surface area contributed by atoms with Crippen molar-refractivity contribution in [2.24, 2.45) is 11.7 Å². The van der Waals surface area contributed by atoms with Crippen LogP contribution in [0.2, 0.25) is 0 Å². The predicted octanol–water partition coefficient (Wildman–Crippen LogP) is 2.70. The van der Waals surface area contributed by atoms with Gasteiger partial charge in [0, 0.05) is 25.2 Å². The van der Waals surface area contributed by atoms with Gasteiger partial charge >= 0.3 is 0 Å². The highest BCUT2D eigenvalue weighted by Crippen LogP contribution is 2.35. The summed E-state index contributed by atoms with van der Waals surface area (Å²) in [6.45, 7) is 11.9. The fourth-order valence-corrected chi connectivity index (χ4v) is 4.07. The zero-order valence-corrected chi connectivity index (χ0v) is 13.7. The molecule has 3 heteroatoms. The lowest BCUT2D eigenvalue weighted by Gasteiger charge is -2.48. The van der Waals surface area contributed by atoms with Crippen molar-refractivity contribution in [1.82, 2.24) is 9.80 Å². The van der Waals surface area contributed by atoms with Crippen LogP contribution < -0.4 is 5.73 Å². The molecule has 0 spiro atoms. The summed E-state index contributed by atoms with van der Waals surface area (Å²) in [6, 6.07) is 0. The molecule has 118 valence electrons. The number of nitrogens with zero attached hydrogens (tertiary/aromatic N) is 2. The minimum Gasteiger partial charge on any atom is -0.329 e. The van der Waals surface area contributed by atoms with E-state index in [4.69, 9.17) is 5.73 Å². The van der Waals surface area contributed by atoms with Gasteiger partial charge in [-0.15, -0.1) is 0 Å². The van der Waals surface area contributed by atoms with Crippen molar-refractivity contribution < 1.29 is 0 Å². The fourth-order valence-electron chi connectivity index (χ4n) is 4.07. The Balaban J connectivity index is 1.93. The van der Waals surface area contributed by atoms with Crippen LogP contribution in [0.4, 0.5) is 0 Å². The molecule has 1 aliphatic carbocycles. The zero-order valence-electron chi connectivity index (χ0n) is 13.7. The first-order valence-corrected chi connectivity index (χ1v) is 8.87. The van der Waals surface area contributed by atoms with E-state index in [9.17, 15) is 0 Å². The van der Waals surface area contributed by atoms with Gasteiger partial charge in [-0.2, -0.15) is 0 Å². The van der Waals surface area contributed by atoms with Crippen LogP contribution in [-0.4, -0.2) is 54.6 Å². The van der Waals surface area contributed by atoms with E-state index in [0.29, 0.717) is 5.54 Å². The molecule has 0 atom stereocenters. The average molecular weight is 281 g/mol. The lowest BCUT2D eigenvalue weighted by atomic mass is 9.76. The van der Waals surface area contributed by atoms with E-state index in [1.54, 1.807) is 0 Å². The summed E-state index contributed by atoms with van der Waals surface area (Å²) in [7, 11) is 0. The molecule has 0 radical (unpaired) electrons. The van der Waals surface area contributed by atoms with Gasteiger partial charge < -0.3 is 10.6 Å². The van der Waals surface area contributed by atoms with Crippen molar-refractivity contribution in [3.8, 4) is 0 Å². The first-order valence-electron chi connectivity index (χ1n) is 8.87. The molecule has 0 aromatic carbocycles. The van der Waals surface area contributed by atoms with Crippen molar-refractivity contribution in [2.75, 3.05) is 39.3 Å². The van der Waals surface area contributed by atoms with Crippen molar-refractivity contribution in [3.63, 3.8) is 0 Å². The van der Waals surface area contributed by atoms with Crippen molar-refractivity contribution >= 4 is 0 Å². The molecule has 2 aliphatic rings. The molecule has 0 unspecified atom stereocenters. The average Bonchev–Trinajstić information content (AvgIpc) is 2.98. The number of likely N-dealkylation sites (tertiary alicyclic amines) is 1. The topological polar surface area (TPSA) is 32.5 Å². The molecule has 2 N–H and O–H groups in total. The minimum absolute atomic E-state index is 0.308. The van der Waals surface area contributed by atoms with Gasteiger partial charge in [-0.1, -0.05) is 13.8 Å². The second-order valence-electron chi connectivity index (χ2n) is 7.15. The zero-order chi connectivity index (χ0) is 14.4. The molecular weight excluding hydrogens is 246 g/mol. The van der Waals surface area contributed by atoms with Crippen LogP contribution in [0, 0.1) is 5.92 Å². The van der Waals surface area contributed by atoms with Crippen LogP contribution in [0.1, 0.15) is 58.8 Å². The molecule has 3 nitrogen and oxygen atoms in total. The van der Waals surface area contributed by atoms with E-state index in [1.807, 2.05) is 0 Å². The Morgan fingerprint density at radius 2 is 1.80 bits per heavy atom. The second kappa shape index (κ2) is 7.77. The van der Waals surface area contributed by atoms with Crippen LogP contribution >= 0.6 is 0 Å². The Bertz CT molecular complexity index is 265. The Labute approximate surface area is 125 Å². The predicted molar refractivity (Wildman–Crippen MR) is 87.0 cm³/mol. The number of rotatable bonds is 7. The highest BCUT2D eigenvalue weighted by Gasteiger charge is 2.37. The van der Waals surface area contributed by atoms with Gasteiger partial charge in [-0.3, -0.25) is 4.90 Å². The molecule has 20 heavy (non-hydrogen) atoms. The Morgan fingerprint density at radius 3 is 2.35 bits per heavy atom. The quantitative estimate of drug-likeness (QED) is 0.779. The van der Waals surface area contributed by atoms with E-state index >= 15 is 0 Å². The summed E-state index contributed by atoms with van der Waals surface area (Å²) < 4.78 is 0. The normalized spacial score (nSPS) is 32.1. The maximum Gasteiger partial charge on any atom is 0.0332 e. The van der Waals surface area contributed by atoms with Gasteiger partial charge in [0.05, 0.1) is 0 Å². The molecule has 2 fully saturated rings. The van der Waals surface area contributed by atoms with Gasteiger partial charge in [0.25, 0.3) is 0 Å². The van der Waals surface area contributed by atoms with E-state index in [-0.39, 0.29) is 0 Å². The summed E-state index contributed by atoms with van der Waals surface area (Å²) >= 11 is 0. The van der Waals surface area contributed by atoms with Gasteiger partial charge in [0.2, 0.25) is 0 Å². The molecule has 0 bridgehead atoms. The lowest BCUT2D eigenvalue weighted by molar-refractivity contribution is 0.0379. The maximum absolute atomic E-state index is 6.24. The van der Waals surface area contributed by atoms with Crippen molar-refractivity contribution in [3.05, 3.63) is 0 Å². The molecule has 1 saturated heterocycles. The molecule has 2 rings (SSSR count). The number of hydrogen-bond donors (Lipinski definition) is 1. The number of nitrogens with two attached hydrogens (primary N) is 1. The molecule has 0 aromatic heterocycles. The third-order valence-electron chi connectivity index (χ3n) is 5.63. The fraction of sp³-hybridized carbons (Fsp3) is 1.00. The SMILES string of the molecule is CCCN(CCN1CCCC1)C1(CN)CCC(C)CC1. The Hall–Kier alpha value is -0.120. The standard InChI is InChI=1S/C17H35N3/c1-3-10-20(14-13-19-11-4-5-12-19)17(15-18)8-6-16(2)7-9-17/h16H,3-15,18H2,1-2H3. The van der Waals surface area contributed by atoms with Gasteiger partial charge in [0.15, 0.2) is 0 Å². The minimum atomic E-state index is 0.308. The largest absolute Gasteiger partial charge is 0.329 e. The molecule has 1 heterocycles. The molecular formula is C17H35N3. The Kier molecular flexibility index (Phi) is 6.31. The molecule has 0 amide bonds. The van der Waals surface area contributed by atoms with E-state index in [0.717, 1.165) is 12.5 Å². The van der Waals surface area contributed by atoms with Crippen LogP contribution in [-0.2, 0) is 0 Å². The monoisotopic (exact) mass is 281 g/mol. The highest BCUT2D eigenvalue weighted by molar-refractivity contribution is 4.95. The lowest BCUT2D eigenvalue weighted by Crippen LogP contribution is -2.57. The third-order valence-corrected chi connectivity index (χ3v) is 5.63. The van der Waals surface area contributed by atoms with Crippen LogP contribution in [0.15, 0.2) is 0 Å². The summed E-state index contributed by atoms with van der Waals surface area (Å²) in [5, 5.41) is 0. The second-order valence-corrected chi connectivity index (χ2v) is 7.15. The van der Waals surface area contributed by atoms with Crippen LogP contribution in [0.3, 0.4) is 0 Å². The molecule has 1 aliphatic heterocycles. The molecule has 0 aromatic rings. The van der Waals surface area contributed by atoms with Crippen molar-refractivity contribution in [2.45, 2.75) is 64.3 Å². The van der Waals surface area contributed by atoms with E-state index < -0.39 is 0 Å². The van der Waals surface area contributed by atoms with Gasteiger partial charge in [-0.05, 0) is 70.5 Å². The van der Waals surface area contributed by atoms with E-state index in [2.05, 4.69) is 23.6 Å². The molecule has 1 saturated carbocycles. The van der Waals surface area contributed by atoms with Gasteiger partial charge in [-0.25, -0.2) is 0 Å². The Morgan fingerprint density at radius 1 is 1.15 bits per heavy atom. The first-order chi connectivity index (χ1) is 9.70. The highest BCUT2D eigenvalue weighted by atomic mass is 15.2. The summed E-state index contributed by atoms with van der Waals surface area (Å²) in [4.78, 5) is 5.38. The number of hydrogen-bond acceptors (Lipinski definition) is 3. The summed E-state index contributed by atoms with van der Waals surface area (Å²) in [6.07, 6.45) is 9.38. The third kappa shape index (κ3) is 3.96. The van der Waals surface area contributed by atoms with Crippen molar-refractivity contribution in [1.29, 1.82) is 0 Å². The first kappa shape index (κ1) is 16.3. The van der Waals surface area contributed by atoms with E-state index in [1.165, 1.54) is 77.7 Å². The van der Waals surface area contributed by atoms with Crippen LogP contribution in [0.25, 0.3) is 0 Å². The smallest absolute Gasteiger partial charge is 0.0332 e. The summed E-state index contributed by atoms with van der Waals surface area (Å²) in [5.74, 6) is 0.900.